The average molecular weight is 771 g/mol. The summed E-state index contributed by atoms with van der Waals surface area (Å²) in [5.74, 6) is -2.35. The zero-order valence-corrected chi connectivity index (χ0v) is 32.7. The summed E-state index contributed by atoms with van der Waals surface area (Å²) in [6.07, 6.45) is 1.27. The number of carbonyl (C=O) groups is 3. The number of anilines is 1. The van der Waals surface area contributed by atoms with E-state index in [-0.39, 0.29) is 31.9 Å². The number of hydrogen-bond acceptors (Lipinski definition) is 16. The molecule has 0 radical (unpaired) electrons. The quantitative estimate of drug-likeness (QED) is 0.102. The molecule has 0 spiro atoms. The first-order valence-electron chi connectivity index (χ1n) is 17.8. The molecular weight excluding hydrogens is 715 g/mol. The van der Waals surface area contributed by atoms with Gasteiger partial charge in [-0.1, -0.05) is 12.8 Å². The topological polar surface area (TPSA) is 253 Å². The second-order valence-electron chi connectivity index (χ2n) is 15.3. The van der Waals surface area contributed by atoms with Crippen molar-refractivity contribution in [3.63, 3.8) is 0 Å². The Kier molecular flexibility index (Phi) is 13.8. The molecule has 2 aliphatic rings. The van der Waals surface area contributed by atoms with Gasteiger partial charge in [-0.2, -0.15) is 0 Å². The molecule has 19 nitrogen and oxygen atoms in total. The maximum atomic E-state index is 14.4. The van der Waals surface area contributed by atoms with Crippen molar-refractivity contribution in [1.29, 1.82) is 0 Å². The van der Waals surface area contributed by atoms with Gasteiger partial charge >= 0.3 is 19.8 Å². The Bertz CT molecular complexity index is 1630. The number of unbranched alkanes of at least 4 members (excludes halogenated alkanes) is 3. The van der Waals surface area contributed by atoms with E-state index in [4.69, 9.17) is 44.2 Å². The van der Waals surface area contributed by atoms with Crippen molar-refractivity contribution >= 4 is 42.7 Å². The normalized spacial score (nSPS) is 22.9. The number of fused-ring (bicyclic) bond motifs is 2. The number of esters is 1. The van der Waals surface area contributed by atoms with Crippen molar-refractivity contribution in [2.45, 2.75) is 141 Å². The number of nitrogens with two attached hydrogens (primary N) is 2. The van der Waals surface area contributed by atoms with E-state index < -0.39 is 73.3 Å². The summed E-state index contributed by atoms with van der Waals surface area (Å²) in [5.41, 5.74) is 10.7. The van der Waals surface area contributed by atoms with Gasteiger partial charge in [0.2, 0.25) is 0 Å². The second kappa shape index (κ2) is 17.3. The Labute approximate surface area is 309 Å². The first kappa shape index (κ1) is 42.3. The lowest BCUT2D eigenvalue weighted by atomic mass is 10.1. The molecule has 53 heavy (non-hydrogen) atoms. The average Bonchev–Trinajstić information content (AvgIpc) is 3.69. The van der Waals surface area contributed by atoms with Gasteiger partial charge in [0.1, 0.15) is 47.4 Å². The molecule has 2 fully saturated rings. The van der Waals surface area contributed by atoms with Gasteiger partial charge in [0, 0.05) is 6.42 Å². The standard InChI is InChI=1S/C33H55N8O11P/c1-31(2,3)49-22(42)14-13-20(39-30(44)52-32(4,5)6)28(43)40-53(45,46-16-12-10-9-11-15-34)47-17-21-24-25(51-33(7,8)50-24)29(48-21)41-19-38-23-26(35)36-18-37-27(23)41/h18-21,24-25,29H,9-17,34H2,1-8H3,(H,39,44)(H2,35,36,37)(H,40,43,45)/t20-,21+,24+,25+,29+,53?/m0/s1. The summed E-state index contributed by atoms with van der Waals surface area (Å²) in [6.45, 7) is 13.7. The highest BCUT2D eigenvalue weighted by molar-refractivity contribution is 7.52. The van der Waals surface area contributed by atoms with Crippen LogP contribution in [0.5, 0.6) is 0 Å². The highest BCUT2D eigenvalue weighted by Gasteiger charge is 2.56. The minimum Gasteiger partial charge on any atom is -0.460 e. The molecule has 0 aliphatic carbocycles. The molecular formula is C33H55N8O11P. The number of rotatable bonds is 17. The van der Waals surface area contributed by atoms with E-state index in [0.717, 1.165) is 19.3 Å². The number of aromatic nitrogens is 4. The number of ether oxygens (including phenoxy) is 5. The van der Waals surface area contributed by atoms with Crippen molar-refractivity contribution in [2.75, 3.05) is 25.5 Å². The number of nitrogen functional groups attached to an aromatic ring is 1. The highest BCUT2D eigenvalue weighted by Crippen LogP contribution is 2.48. The first-order valence-corrected chi connectivity index (χ1v) is 19.3. The zero-order chi connectivity index (χ0) is 39.2. The molecule has 4 heterocycles. The number of nitrogens with zero attached hydrogens (tertiary/aromatic N) is 4. The third-order valence-electron chi connectivity index (χ3n) is 7.87. The molecule has 2 saturated heterocycles. The Morgan fingerprint density at radius 1 is 0.981 bits per heavy atom. The Morgan fingerprint density at radius 3 is 2.34 bits per heavy atom. The van der Waals surface area contributed by atoms with Crippen LogP contribution in [0.15, 0.2) is 12.7 Å². The van der Waals surface area contributed by atoms with Crippen LogP contribution in [0.1, 0.15) is 100 Å². The summed E-state index contributed by atoms with van der Waals surface area (Å²) >= 11 is 0. The number of imidazole rings is 1. The molecule has 2 aromatic rings. The molecule has 4 rings (SSSR count). The summed E-state index contributed by atoms with van der Waals surface area (Å²) < 4.78 is 57.1. The molecule has 0 bridgehead atoms. The SMILES string of the molecule is CC(C)(C)OC(=O)CC[C@H](NC(=O)OC(C)(C)C)C(=O)NP(=O)(OCCCCCCN)OC[C@H]1O[C@@H](n2cnc3c(N)ncnc32)[C@@H]2OC(C)(C)O[C@@H]21. The zero-order valence-electron chi connectivity index (χ0n) is 31.8. The van der Waals surface area contributed by atoms with E-state index in [2.05, 4.69) is 25.4 Å². The van der Waals surface area contributed by atoms with Crippen LogP contribution in [0.25, 0.3) is 11.2 Å². The molecule has 2 aromatic heterocycles. The van der Waals surface area contributed by atoms with Crippen molar-refractivity contribution in [1.82, 2.24) is 29.9 Å². The van der Waals surface area contributed by atoms with E-state index in [0.29, 0.717) is 24.1 Å². The molecule has 298 valence electrons. The summed E-state index contributed by atoms with van der Waals surface area (Å²) in [6, 6.07) is -1.38. The molecule has 6 N–H and O–H groups in total. The minimum absolute atomic E-state index is 0.0286. The van der Waals surface area contributed by atoms with Crippen LogP contribution in [-0.2, 0) is 46.9 Å². The van der Waals surface area contributed by atoms with E-state index in [1.165, 1.54) is 12.7 Å². The van der Waals surface area contributed by atoms with Crippen molar-refractivity contribution < 1.29 is 51.7 Å². The summed E-state index contributed by atoms with van der Waals surface area (Å²) in [7, 11) is -4.46. The predicted molar refractivity (Wildman–Crippen MR) is 191 cm³/mol. The predicted octanol–water partition coefficient (Wildman–Crippen LogP) is 3.62. The molecule has 1 unspecified atom stereocenters. The van der Waals surface area contributed by atoms with Crippen molar-refractivity contribution in [2.24, 2.45) is 5.73 Å². The van der Waals surface area contributed by atoms with Gasteiger partial charge in [-0.25, -0.2) is 24.3 Å². The Morgan fingerprint density at radius 2 is 1.66 bits per heavy atom. The lowest BCUT2D eigenvalue weighted by molar-refractivity contribution is -0.199. The molecule has 2 aliphatic heterocycles. The number of alkyl carbamates (subject to hydrolysis) is 1. The summed E-state index contributed by atoms with van der Waals surface area (Å²) in [4.78, 5) is 51.7. The third kappa shape index (κ3) is 12.3. The van der Waals surface area contributed by atoms with Crippen LogP contribution in [0.3, 0.4) is 0 Å². The Balaban J connectivity index is 1.54. The summed E-state index contributed by atoms with van der Waals surface area (Å²) in [5, 5.41) is 4.83. The number of amides is 2. The van der Waals surface area contributed by atoms with Crippen molar-refractivity contribution in [3.05, 3.63) is 12.7 Å². The molecule has 6 atom stereocenters. The largest absolute Gasteiger partial charge is 0.460 e. The van der Waals surface area contributed by atoms with Gasteiger partial charge < -0.3 is 40.5 Å². The van der Waals surface area contributed by atoms with Gasteiger partial charge in [-0.05, 0) is 81.2 Å². The van der Waals surface area contributed by atoms with Gasteiger partial charge in [-0.3, -0.25) is 28.3 Å². The highest BCUT2D eigenvalue weighted by atomic mass is 31.2. The van der Waals surface area contributed by atoms with Crippen molar-refractivity contribution in [3.8, 4) is 0 Å². The fourth-order valence-corrected chi connectivity index (χ4v) is 7.06. The number of nitrogens with one attached hydrogen (secondary N) is 2. The molecule has 20 heteroatoms. The lowest BCUT2D eigenvalue weighted by Gasteiger charge is -2.27. The number of carbonyl (C=O) groups excluding carboxylic acids is 3. The lowest BCUT2D eigenvalue weighted by Crippen LogP contribution is -2.48. The van der Waals surface area contributed by atoms with E-state index in [1.807, 2.05) is 0 Å². The molecule has 0 saturated carbocycles. The Hall–Kier alpha value is -3.45. The maximum Gasteiger partial charge on any atom is 0.435 e. The third-order valence-corrected chi connectivity index (χ3v) is 9.37. The molecule has 0 aromatic carbocycles. The second-order valence-corrected chi connectivity index (χ2v) is 17.1. The fourth-order valence-electron chi connectivity index (χ4n) is 5.72. The van der Waals surface area contributed by atoms with E-state index in [1.54, 1.807) is 60.0 Å². The maximum absolute atomic E-state index is 14.4. The van der Waals surface area contributed by atoms with Crippen LogP contribution >= 0.6 is 7.75 Å². The van der Waals surface area contributed by atoms with Gasteiger partial charge in [-0.15, -0.1) is 0 Å². The van der Waals surface area contributed by atoms with Gasteiger partial charge in [0.25, 0.3) is 5.91 Å². The monoisotopic (exact) mass is 770 g/mol. The van der Waals surface area contributed by atoms with Crippen LogP contribution in [0, 0.1) is 0 Å². The van der Waals surface area contributed by atoms with Gasteiger partial charge in [0.05, 0.1) is 19.5 Å². The van der Waals surface area contributed by atoms with Gasteiger partial charge in [0.15, 0.2) is 23.5 Å². The van der Waals surface area contributed by atoms with Crippen LogP contribution < -0.4 is 21.9 Å². The fraction of sp³-hybridized carbons (Fsp3) is 0.758. The van der Waals surface area contributed by atoms with Crippen LogP contribution in [0.4, 0.5) is 10.6 Å². The first-order chi connectivity index (χ1) is 24.7. The smallest absolute Gasteiger partial charge is 0.435 e. The van der Waals surface area contributed by atoms with E-state index >= 15 is 0 Å². The molecule has 2 amide bonds. The minimum atomic E-state index is -4.46. The van der Waals surface area contributed by atoms with Crippen LogP contribution in [0.2, 0.25) is 0 Å². The van der Waals surface area contributed by atoms with E-state index in [9.17, 15) is 18.9 Å². The van der Waals surface area contributed by atoms with Crippen LogP contribution in [-0.4, -0.2) is 98.6 Å². The number of hydrogen-bond donors (Lipinski definition) is 4.